The molecule has 0 N–H and O–H groups in total. The molecule has 0 spiro atoms. The summed E-state index contributed by atoms with van der Waals surface area (Å²) in [7, 11) is 0. The second-order valence-electron chi connectivity index (χ2n) is 4.35. The number of hydrogen-bond acceptors (Lipinski definition) is 4. The van der Waals surface area contributed by atoms with Crippen molar-refractivity contribution in [1.29, 1.82) is 0 Å². The van der Waals surface area contributed by atoms with E-state index in [-0.39, 0.29) is 11.6 Å². The topological polar surface area (TPSA) is 70.2 Å². The number of nitrogens with zero attached hydrogens (tertiary/aromatic N) is 3. The average Bonchev–Trinajstić information content (AvgIpc) is 2.69. The zero-order chi connectivity index (χ0) is 14.9. The van der Waals surface area contributed by atoms with Crippen molar-refractivity contribution in [3.8, 4) is 11.6 Å². The molecular weight excluding hydrogens is 326 g/mol. The van der Waals surface area contributed by atoms with Crippen LogP contribution >= 0.6 is 15.9 Å². The Balaban J connectivity index is 2.49. The second kappa shape index (κ2) is 5.62. The summed E-state index contributed by atoms with van der Waals surface area (Å²) in [6, 6.07) is 5.54. The largest absolute Gasteiger partial charge is 0.433 e. The molecule has 0 saturated carbocycles. The number of hydrogen-bond donors (Lipinski definition) is 0. The van der Waals surface area contributed by atoms with E-state index in [0.29, 0.717) is 18.0 Å². The molecule has 0 unspecified atom stereocenters. The van der Waals surface area contributed by atoms with Crippen molar-refractivity contribution in [2.24, 2.45) is 0 Å². The smallest absolute Gasteiger partial charge is 0.353 e. The fourth-order valence-electron chi connectivity index (χ4n) is 1.87. The summed E-state index contributed by atoms with van der Waals surface area (Å²) in [6.45, 7) is 5.90. The highest BCUT2D eigenvalue weighted by molar-refractivity contribution is 9.10. The van der Waals surface area contributed by atoms with Crippen LogP contribution in [-0.2, 0) is 6.54 Å². The number of benzene rings is 1. The van der Waals surface area contributed by atoms with E-state index in [1.54, 1.807) is 13.0 Å². The van der Waals surface area contributed by atoms with E-state index in [2.05, 4.69) is 21.0 Å². The molecule has 106 valence electrons. The first-order valence-electron chi connectivity index (χ1n) is 6.09. The minimum absolute atomic E-state index is 0.0978. The lowest BCUT2D eigenvalue weighted by Gasteiger charge is -2.08. The molecule has 0 radical (unpaired) electrons. The first-order chi connectivity index (χ1) is 9.43. The Morgan fingerprint density at radius 2 is 2.15 bits per heavy atom. The number of rotatable bonds is 4. The van der Waals surface area contributed by atoms with Gasteiger partial charge in [0.25, 0.3) is 5.88 Å². The summed E-state index contributed by atoms with van der Waals surface area (Å²) in [6.07, 6.45) is 0. The van der Waals surface area contributed by atoms with Crippen molar-refractivity contribution >= 4 is 21.6 Å². The van der Waals surface area contributed by atoms with E-state index in [1.807, 2.05) is 26.0 Å². The molecule has 0 bridgehead atoms. The van der Waals surface area contributed by atoms with Crippen LogP contribution in [0.15, 0.2) is 22.7 Å². The van der Waals surface area contributed by atoms with Gasteiger partial charge in [0.1, 0.15) is 11.4 Å². The molecule has 2 aromatic rings. The number of aromatic nitrogens is 2. The highest BCUT2D eigenvalue weighted by Crippen LogP contribution is 2.37. The molecule has 6 nitrogen and oxygen atoms in total. The summed E-state index contributed by atoms with van der Waals surface area (Å²) in [4.78, 5) is 10.7. The van der Waals surface area contributed by atoms with Gasteiger partial charge in [0, 0.05) is 6.54 Å². The fraction of sp³-hybridized carbons (Fsp3) is 0.308. The Hall–Kier alpha value is -1.89. The van der Waals surface area contributed by atoms with Crippen molar-refractivity contribution in [1.82, 2.24) is 9.78 Å². The normalized spacial score (nSPS) is 10.6. The van der Waals surface area contributed by atoms with Crippen molar-refractivity contribution < 1.29 is 9.66 Å². The monoisotopic (exact) mass is 339 g/mol. The first kappa shape index (κ1) is 14.5. The van der Waals surface area contributed by atoms with Gasteiger partial charge in [-0.05, 0) is 54.4 Å². The standard InChI is InChI=1S/C13H14BrN3O3/c1-4-16-13(12(17(18)19)9(3)15-16)20-11-6-5-8(2)7-10(11)14/h5-7H,4H2,1-3H3. The molecule has 7 heteroatoms. The summed E-state index contributed by atoms with van der Waals surface area (Å²) < 4.78 is 7.94. The molecule has 0 saturated heterocycles. The summed E-state index contributed by atoms with van der Waals surface area (Å²) in [5, 5.41) is 15.3. The van der Waals surface area contributed by atoms with Crippen molar-refractivity contribution in [3.63, 3.8) is 0 Å². The Bertz CT molecular complexity index is 667. The number of aryl methyl sites for hydroxylation is 3. The van der Waals surface area contributed by atoms with Gasteiger partial charge < -0.3 is 4.74 Å². The van der Waals surface area contributed by atoms with Crippen LogP contribution in [0.3, 0.4) is 0 Å². The highest BCUT2D eigenvalue weighted by atomic mass is 79.9. The Labute approximate surface area is 124 Å². The molecule has 1 aromatic heterocycles. The molecule has 2 rings (SSSR count). The average molecular weight is 340 g/mol. The zero-order valence-electron chi connectivity index (χ0n) is 11.4. The van der Waals surface area contributed by atoms with Crippen LogP contribution in [-0.4, -0.2) is 14.7 Å². The van der Waals surface area contributed by atoms with Crippen LogP contribution in [0.4, 0.5) is 5.69 Å². The highest BCUT2D eigenvalue weighted by Gasteiger charge is 2.27. The maximum absolute atomic E-state index is 11.2. The van der Waals surface area contributed by atoms with Crippen LogP contribution in [0.1, 0.15) is 18.2 Å². The predicted octanol–water partition coefficient (Wildman–Crippen LogP) is 3.98. The van der Waals surface area contributed by atoms with E-state index in [9.17, 15) is 10.1 Å². The van der Waals surface area contributed by atoms with Crippen molar-refractivity contribution in [2.75, 3.05) is 0 Å². The molecule has 1 aromatic carbocycles. The second-order valence-corrected chi connectivity index (χ2v) is 5.20. The van der Waals surface area contributed by atoms with E-state index in [0.717, 1.165) is 10.0 Å². The lowest BCUT2D eigenvalue weighted by molar-refractivity contribution is -0.386. The van der Waals surface area contributed by atoms with Gasteiger partial charge >= 0.3 is 5.69 Å². The third kappa shape index (κ3) is 2.67. The molecular formula is C13H14BrN3O3. The van der Waals surface area contributed by atoms with E-state index in [4.69, 9.17) is 4.74 Å². The van der Waals surface area contributed by atoms with Gasteiger partial charge in [0.05, 0.1) is 9.40 Å². The first-order valence-corrected chi connectivity index (χ1v) is 6.89. The lowest BCUT2D eigenvalue weighted by Crippen LogP contribution is -2.01. The van der Waals surface area contributed by atoms with Gasteiger partial charge in [0.2, 0.25) is 0 Å². The van der Waals surface area contributed by atoms with Gasteiger partial charge in [-0.3, -0.25) is 10.1 Å². The van der Waals surface area contributed by atoms with Crippen LogP contribution in [0.2, 0.25) is 0 Å². The van der Waals surface area contributed by atoms with Gasteiger partial charge in [-0.15, -0.1) is 0 Å². The molecule has 0 amide bonds. The predicted molar refractivity (Wildman–Crippen MR) is 78.2 cm³/mol. The fourth-order valence-corrected chi connectivity index (χ4v) is 2.44. The minimum Gasteiger partial charge on any atom is -0.433 e. The van der Waals surface area contributed by atoms with Crippen LogP contribution in [0.25, 0.3) is 0 Å². The van der Waals surface area contributed by atoms with E-state index in [1.165, 1.54) is 4.68 Å². The van der Waals surface area contributed by atoms with Gasteiger partial charge in [-0.2, -0.15) is 5.10 Å². The van der Waals surface area contributed by atoms with Crippen LogP contribution in [0.5, 0.6) is 11.6 Å². The summed E-state index contributed by atoms with van der Waals surface area (Å²) >= 11 is 3.39. The summed E-state index contributed by atoms with van der Waals surface area (Å²) in [5.41, 5.74) is 1.31. The maximum atomic E-state index is 11.2. The lowest BCUT2D eigenvalue weighted by atomic mass is 10.2. The molecule has 0 atom stereocenters. The Morgan fingerprint density at radius 1 is 1.45 bits per heavy atom. The number of ether oxygens (including phenoxy) is 1. The molecule has 0 aliphatic carbocycles. The van der Waals surface area contributed by atoms with Crippen LogP contribution in [0, 0.1) is 24.0 Å². The maximum Gasteiger partial charge on any atom is 0.353 e. The number of nitro groups is 1. The molecule has 0 aliphatic rings. The quantitative estimate of drug-likeness (QED) is 0.623. The van der Waals surface area contributed by atoms with Gasteiger partial charge in [0.15, 0.2) is 0 Å². The van der Waals surface area contributed by atoms with Gasteiger partial charge in [-0.25, -0.2) is 4.68 Å². The molecule has 20 heavy (non-hydrogen) atoms. The Morgan fingerprint density at radius 3 is 2.70 bits per heavy atom. The molecule has 0 aliphatic heterocycles. The Kier molecular flexibility index (Phi) is 4.08. The number of halogens is 1. The van der Waals surface area contributed by atoms with Gasteiger partial charge in [-0.1, -0.05) is 6.07 Å². The van der Waals surface area contributed by atoms with Crippen molar-refractivity contribution in [3.05, 3.63) is 44.0 Å². The van der Waals surface area contributed by atoms with E-state index < -0.39 is 4.92 Å². The van der Waals surface area contributed by atoms with E-state index >= 15 is 0 Å². The SMILES string of the molecule is CCn1nc(C)c([N+](=O)[O-])c1Oc1ccc(C)cc1Br. The van der Waals surface area contributed by atoms with Crippen molar-refractivity contribution in [2.45, 2.75) is 27.3 Å². The van der Waals surface area contributed by atoms with Crippen LogP contribution < -0.4 is 4.74 Å². The molecule has 0 fully saturated rings. The zero-order valence-corrected chi connectivity index (χ0v) is 13.0. The molecule has 1 heterocycles. The third-order valence-corrected chi connectivity index (χ3v) is 3.45. The third-order valence-electron chi connectivity index (χ3n) is 2.83. The summed E-state index contributed by atoms with van der Waals surface area (Å²) in [5.74, 6) is 0.674. The minimum atomic E-state index is -0.466.